The second kappa shape index (κ2) is 9.38. The van der Waals surface area contributed by atoms with E-state index in [0.717, 1.165) is 5.56 Å². The van der Waals surface area contributed by atoms with E-state index in [1.54, 1.807) is 47.3 Å². The number of aromatic nitrogens is 5. The first kappa shape index (κ1) is 21.2. The van der Waals surface area contributed by atoms with Crippen LogP contribution in [-0.2, 0) is 13.3 Å². The Morgan fingerprint density at radius 2 is 1.81 bits per heavy atom. The van der Waals surface area contributed by atoms with Crippen molar-refractivity contribution in [1.82, 2.24) is 24.5 Å². The molecule has 158 valence electrons. The number of carbonyl (C=O) groups excluding carboxylic acids is 1. The standard InChI is InChI=1S/C20H15Cl3N6O2/c21-14-6-4-13(5-7-14)10-29-11-24-20(27-29)25-19(30)16-8-9-28(26-16)12-31-17-3-1-2-15(22)18(17)23/h1-9,11H,10,12H2,(H,25,27,30). The van der Waals surface area contributed by atoms with Crippen LogP contribution in [0, 0.1) is 0 Å². The van der Waals surface area contributed by atoms with Gasteiger partial charge in [-0.2, -0.15) is 5.10 Å². The van der Waals surface area contributed by atoms with E-state index in [2.05, 4.69) is 20.5 Å². The zero-order valence-corrected chi connectivity index (χ0v) is 18.1. The highest BCUT2D eigenvalue weighted by molar-refractivity contribution is 6.42. The lowest BCUT2D eigenvalue weighted by Crippen LogP contribution is -2.15. The molecular weight excluding hydrogens is 463 g/mol. The molecule has 0 aliphatic heterocycles. The van der Waals surface area contributed by atoms with Crippen molar-refractivity contribution < 1.29 is 9.53 Å². The van der Waals surface area contributed by atoms with E-state index < -0.39 is 5.91 Å². The summed E-state index contributed by atoms with van der Waals surface area (Å²) in [5.74, 6) is 0.158. The molecule has 0 saturated carbocycles. The number of hydrogen-bond donors (Lipinski definition) is 1. The first-order valence-electron chi connectivity index (χ1n) is 9.03. The molecule has 0 aliphatic rings. The third-order valence-electron chi connectivity index (χ3n) is 4.16. The summed E-state index contributed by atoms with van der Waals surface area (Å²) < 4.78 is 8.67. The molecule has 0 spiro atoms. The van der Waals surface area contributed by atoms with Crippen LogP contribution in [0.15, 0.2) is 61.1 Å². The summed E-state index contributed by atoms with van der Waals surface area (Å²) in [7, 11) is 0. The van der Waals surface area contributed by atoms with Crippen molar-refractivity contribution in [2.24, 2.45) is 0 Å². The highest BCUT2D eigenvalue weighted by Crippen LogP contribution is 2.31. The van der Waals surface area contributed by atoms with Gasteiger partial charge in [-0.25, -0.2) is 14.3 Å². The van der Waals surface area contributed by atoms with Gasteiger partial charge in [0, 0.05) is 11.2 Å². The average Bonchev–Trinajstić information content (AvgIpc) is 3.40. The zero-order valence-electron chi connectivity index (χ0n) is 15.9. The Morgan fingerprint density at radius 1 is 1.00 bits per heavy atom. The number of anilines is 1. The third-order valence-corrected chi connectivity index (χ3v) is 5.21. The maximum Gasteiger partial charge on any atom is 0.278 e. The van der Waals surface area contributed by atoms with Gasteiger partial charge in [-0.1, -0.05) is 53.0 Å². The molecular formula is C20H15Cl3N6O2. The molecule has 2 heterocycles. The fourth-order valence-corrected chi connectivity index (χ4v) is 3.13. The Kier molecular flexibility index (Phi) is 6.41. The molecule has 0 atom stereocenters. The van der Waals surface area contributed by atoms with Crippen molar-refractivity contribution in [3.05, 3.63) is 87.4 Å². The zero-order chi connectivity index (χ0) is 21.8. The first-order valence-corrected chi connectivity index (χ1v) is 10.2. The molecule has 0 radical (unpaired) electrons. The Morgan fingerprint density at radius 3 is 2.61 bits per heavy atom. The minimum absolute atomic E-state index is 0.0569. The summed E-state index contributed by atoms with van der Waals surface area (Å²) in [4.78, 5) is 16.5. The molecule has 2 aromatic carbocycles. The van der Waals surface area contributed by atoms with E-state index in [9.17, 15) is 4.79 Å². The van der Waals surface area contributed by atoms with E-state index in [4.69, 9.17) is 39.5 Å². The van der Waals surface area contributed by atoms with Gasteiger partial charge in [0.25, 0.3) is 5.91 Å². The van der Waals surface area contributed by atoms with Gasteiger partial charge in [-0.15, -0.1) is 5.10 Å². The molecule has 11 heteroatoms. The molecule has 31 heavy (non-hydrogen) atoms. The molecule has 8 nitrogen and oxygen atoms in total. The molecule has 1 amide bonds. The highest BCUT2D eigenvalue weighted by atomic mass is 35.5. The topological polar surface area (TPSA) is 86.9 Å². The minimum Gasteiger partial charge on any atom is -0.470 e. The number of hydrogen-bond acceptors (Lipinski definition) is 5. The smallest absolute Gasteiger partial charge is 0.278 e. The number of amides is 1. The average molecular weight is 478 g/mol. The van der Waals surface area contributed by atoms with Crippen molar-refractivity contribution in [2.45, 2.75) is 13.3 Å². The molecule has 0 aliphatic carbocycles. The first-order chi connectivity index (χ1) is 15.0. The fraction of sp³-hybridized carbons (Fsp3) is 0.100. The van der Waals surface area contributed by atoms with E-state index in [0.29, 0.717) is 27.4 Å². The van der Waals surface area contributed by atoms with Gasteiger partial charge in [0.2, 0.25) is 5.95 Å². The predicted molar refractivity (Wildman–Crippen MR) is 118 cm³/mol. The normalized spacial score (nSPS) is 10.8. The number of nitrogens with one attached hydrogen (secondary N) is 1. The van der Waals surface area contributed by atoms with Crippen LogP contribution < -0.4 is 10.1 Å². The quantitative estimate of drug-likeness (QED) is 0.414. The number of rotatable bonds is 7. The summed E-state index contributed by atoms with van der Waals surface area (Å²) in [5.41, 5.74) is 1.19. The van der Waals surface area contributed by atoms with Crippen molar-refractivity contribution in [3.63, 3.8) is 0 Å². The molecule has 4 rings (SSSR count). The lowest BCUT2D eigenvalue weighted by molar-refractivity contribution is 0.101. The van der Waals surface area contributed by atoms with Gasteiger partial charge in [0.15, 0.2) is 12.4 Å². The monoisotopic (exact) mass is 476 g/mol. The summed E-state index contributed by atoms with van der Waals surface area (Å²) in [6.45, 7) is 0.555. The van der Waals surface area contributed by atoms with E-state index >= 15 is 0 Å². The van der Waals surface area contributed by atoms with Crippen LogP contribution in [0.3, 0.4) is 0 Å². The number of halogens is 3. The Hall–Kier alpha value is -3.07. The molecule has 4 aromatic rings. The third kappa shape index (κ3) is 5.35. The summed E-state index contributed by atoms with van der Waals surface area (Å²) in [6, 6.07) is 14.0. The van der Waals surface area contributed by atoms with Gasteiger partial charge in [0.05, 0.1) is 11.6 Å². The van der Waals surface area contributed by atoms with Crippen molar-refractivity contribution >= 4 is 46.7 Å². The van der Waals surface area contributed by atoms with Crippen molar-refractivity contribution in [3.8, 4) is 5.75 Å². The maximum atomic E-state index is 12.4. The van der Waals surface area contributed by atoms with Crippen LogP contribution in [0.5, 0.6) is 5.75 Å². The van der Waals surface area contributed by atoms with Crippen LogP contribution in [0.1, 0.15) is 16.1 Å². The van der Waals surface area contributed by atoms with Crippen LogP contribution >= 0.6 is 34.8 Å². The number of nitrogens with zero attached hydrogens (tertiary/aromatic N) is 5. The minimum atomic E-state index is -0.441. The van der Waals surface area contributed by atoms with Crippen LogP contribution in [0.2, 0.25) is 15.1 Å². The summed E-state index contributed by atoms with van der Waals surface area (Å²) in [5, 5.41) is 12.4. The SMILES string of the molecule is O=C(Nc1ncn(Cc2ccc(Cl)cc2)n1)c1ccn(COc2cccc(Cl)c2Cl)n1. The van der Waals surface area contributed by atoms with Crippen LogP contribution in [-0.4, -0.2) is 30.5 Å². The largest absolute Gasteiger partial charge is 0.470 e. The van der Waals surface area contributed by atoms with Crippen molar-refractivity contribution in [2.75, 3.05) is 5.32 Å². The lowest BCUT2D eigenvalue weighted by atomic mass is 10.2. The van der Waals surface area contributed by atoms with Crippen LogP contribution in [0.25, 0.3) is 0 Å². The predicted octanol–water partition coefficient (Wildman–Crippen LogP) is 4.77. The summed E-state index contributed by atoms with van der Waals surface area (Å²) >= 11 is 17.9. The van der Waals surface area contributed by atoms with Gasteiger partial charge >= 0.3 is 0 Å². The van der Waals surface area contributed by atoms with Gasteiger partial charge < -0.3 is 4.74 Å². The van der Waals surface area contributed by atoms with E-state index in [1.165, 1.54) is 11.0 Å². The second-order valence-corrected chi connectivity index (χ2v) is 7.63. The second-order valence-electron chi connectivity index (χ2n) is 6.41. The van der Waals surface area contributed by atoms with E-state index in [-0.39, 0.29) is 18.4 Å². The molecule has 1 N–H and O–H groups in total. The number of carbonyl (C=O) groups is 1. The Bertz CT molecular complexity index is 1210. The Balaban J connectivity index is 1.34. The summed E-state index contributed by atoms with van der Waals surface area (Å²) in [6.07, 6.45) is 3.14. The van der Waals surface area contributed by atoms with Gasteiger partial charge in [0.1, 0.15) is 17.1 Å². The van der Waals surface area contributed by atoms with Crippen LogP contribution in [0.4, 0.5) is 5.95 Å². The lowest BCUT2D eigenvalue weighted by Gasteiger charge is -2.08. The van der Waals surface area contributed by atoms with E-state index in [1.807, 2.05) is 12.1 Å². The fourth-order valence-electron chi connectivity index (χ4n) is 2.66. The molecule has 0 fully saturated rings. The highest BCUT2D eigenvalue weighted by Gasteiger charge is 2.13. The Labute approximate surface area is 192 Å². The number of ether oxygens (including phenoxy) is 1. The molecule has 0 bridgehead atoms. The van der Waals surface area contributed by atoms with Gasteiger partial charge in [-0.3, -0.25) is 10.1 Å². The molecule has 2 aromatic heterocycles. The maximum absolute atomic E-state index is 12.4. The van der Waals surface area contributed by atoms with Crippen molar-refractivity contribution in [1.29, 1.82) is 0 Å². The number of benzene rings is 2. The van der Waals surface area contributed by atoms with Gasteiger partial charge in [-0.05, 0) is 35.9 Å². The molecule has 0 saturated heterocycles. The molecule has 0 unspecified atom stereocenters.